The van der Waals surface area contributed by atoms with Crippen molar-refractivity contribution >= 4 is 10.0 Å². The number of ether oxygens (including phenoxy) is 4. The second kappa shape index (κ2) is 7.20. The largest absolute Gasteiger partial charge is 0.486 e. The minimum absolute atomic E-state index is 0.177. The molecule has 0 bridgehead atoms. The lowest BCUT2D eigenvalue weighted by molar-refractivity contribution is 0.171. The second-order valence-corrected chi connectivity index (χ2v) is 8.05. The molecule has 0 radical (unpaired) electrons. The lowest BCUT2D eigenvalue weighted by Gasteiger charge is -2.21. The molecule has 2 aliphatic heterocycles. The van der Waals surface area contributed by atoms with Crippen LogP contribution in [0.3, 0.4) is 0 Å². The molecular formula is C17H19N3O6S. The van der Waals surface area contributed by atoms with Crippen molar-refractivity contribution in [2.75, 3.05) is 33.4 Å². The van der Waals surface area contributed by atoms with E-state index in [0.29, 0.717) is 49.4 Å². The summed E-state index contributed by atoms with van der Waals surface area (Å²) >= 11 is 0. The van der Waals surface area contributed by atoms with Crippen molar-refractivity contribution in [3.8, 4) is 23.3 Å². The zero-order chi connectivity index (χ0) is 18.9. The van der Waals surface area contributed by atoms with Crippen LogP contribution in [0.5, 0.6) is 23.3 Å². The predicted molar refractivity (Wildman–Crippen MR) is 93.8 cm³/mol. The van der Waals surface area contributed by atoms with Crippen LogP contribution < -0.4 is 18.9 Å². The lowest BCUT2D eigenvalue weighted by Crippen LogP contribution is -2.31. The second-order valence-electron chi connectivity index (χ2n) is 6.11. The number of sulfonamides is 1. The molecule has 9 nitrogen and oxygen atoms in total. The van der Waals surface area contributed by atoms with Gasteiger partial charge in [-0.3, -0.25) is 0 Å². The van der Waals surface area contributed by atoms with Crippen molar-refractivity contribution < 1.29 is 27.4 Å². The van der Waals surface area contributed by atoms with Crippen LogP contribution in [-0.4, -0.2) is 62.4 Å². The number of hydrogen-bond acceptors (Lipinski definition) is 8. The van der Waals surface area contributed by atoms with E-state index in [4.69, 9.17) is 18.9 Å². The van der Waals surface area contributed by atoms with Gasteiger partial charge in [-0.1, -0.05) is 0 Å². The molecule has 1 saturated heterocycles. The van der Waals surface area contributed by atoms with Gasteiger partial charge in [-0.2, -0.15) is 4.31 Å². The molecule has 0 amide bonds. The van der Waals surface area contributed by atoms with Crippen LogP contribution in [0.15, 0.2) is 35.2 Å². The maximum atomic E-state index is 12.9. The van der Waals surface area contributed by atoms with Gasteiger partial charge < -0.3 is 18.9 Å². The van der Waals surface area contributed by atoms with Crippen molar-refractivity contribution in [1.82, 2.24) is 14.5 Å². The van der Waals surface area contributed by atoms with Crippen molar-refractivity contribution in [2.24, 2.45) is 0 Å². The van der Waals surface area contributed by atoms with E-state index in [2.05, 4.69) is 10.2 Å². The first-order valence-corrected chi connectivity index (χ1v) is 9.94. The van der Waals surface area contributed by atoms with E-state index >= 15 is 0 Å². The van der Waals surface area contributed by atoms with E-state index in [1.54, 1.807) is 18.2 Å². The van der Waals surface area contributed by atoms with Crippen LogP contribution in [0.1, 0.15) is 6.42 Å². The normalized spacial score (nSPS) is 19.7. The van der Waals surface area contributed by atoms with Gasteiger partial charge in [-0.15, -0.1) is 10.2 Å². The van der Waals surface area contributed by atoms with Crippen LogP contribution in [0.25, 0.3) is 0 Å². The fourth-order valence-electron chi connectivity index (χ4n) is 3.00. The molecule has 144 valence electrons. The first kappa shape index (κ1) is 17.8. The van der Waals surface area contributed by atoms with Crippen molar-refractivity contribution in [3.05, 3.63) is 30.3 Å². The molecule has 0 spiro atoms. The molecule has 10 heteroatoms. The Bertz CT molecular complexity index is 919. The number of nitrogens with zero attached hydrogens (tertiary/aromatic N) is 3. The molecule has 27 heavy (non-hydrogen) atoms. The highest BCUT2D eigenvalue weighted by molar-refractivity contribution is 7.89. The van der Waals surface area contributed by atoms with Crippen LogP contribution >= 0.6 is 0 Å². The average Bonchev–Trinajstić information content (AvgIpc) is 3.17. The fourth-order valence-corrected chi connectivity index (χ4v) is 4.50. The number of rotatable bonds is 5. The third-order valence-corrected chi connectivity index (χ3v) is 6.23. The zero-order valence-electron chi connectivity index (χ0n) is 14.7. The molecule has 1 fully saturated rings. The van der Waals surface area contributed by atoms with E-state index in [-0.39, 0.29) is 17.5 Å². The SMILES string of the molecule is COc1ccc(O[C@H]2CCN(S(=O)(=O)c3ccc4c(c3)OCCO4)C2)nn1. The van der Waals surface area contributed by atoms with Gasteiger partial charge >= 0.3 is 0 Å². The van der Waals surface area contributed by atoms with Crippen LogP contribution in [-0.2, 0) is 10.0 Å². The summed E-state index contributed by atoms with van der Waals surface area (Å²) in [6.45, 7) is 1.47. The number of fused-ring (bicyclic) bond motifs is 1. The van der Waals surface area contributed by atoms with Gasteiger partial charge in [0.1, 0.15) is 19.3 Å². The number of benzene rings is 1. The Labute approximate surface area is 156 Å². The first-order valence-electron chi connectivity index (χ1n) is 8.50. The highest BCUT2D eigenvalue weighted by atomic mass is 32.2. The third-order valence-electron chi connectivity index (χ3n) is 4.37. The Morgan fingerprint density at radius 1 is 1.07 bits per heavy atom. The molecule has 0 unspecified atom stereocenters. The maximum absolute atomic E-state index is 12.9. The summed E-state index contributed by atoms with van der Waals surface area (Å²) in [5.74, 6) is 1.72. The van der Waals surface area contributed by atoms with Crippen LogP contribution in [0.2, 0.25) is 0 Å². The lowest BCUT2D eigenvalue weighted by atomic mass is 10.3. The van der Waals surface area contributed by atoms with Crippen molar-refractivity contribution in [3.63, 3.8) is 0 Å². The van der Waals surface area contributed by atoms with Gasteiger partial charge in [0.2, 0.25) is 21.8 Å². The summed E-state index contributed by atoms with van der Waals surface area (Å²) < 4.78 is 48.9. The van der Waals surface area contributed by atoms with E-state index in [9.17, 15) is 8.42 Å². The summed E-state index contributed by atoms with van der Waals surface area (Å²) in [5, 5.41) is 7.75. The number of aromatic nitrogens is 2. The molecule has 1 aromatic carbocycles. The molecule has 2 aliphatic rings. The van der Waals surface area contributed by atoms with Crippen molar-refractivity contribution in [2.45, 2.75) is 17.4 Å². The Hall–Kier alpha value is -2.59. The minimum Gasteiger partial charge on any atom is -0.486 e. The molecule has 3 heterocycles. The Morgan fingerprint density at radius 3 is 2.56 bits per heavy atom. The van der Waals surface area contributed by atoms with Gasteiger partial charge in [0.15, 0.2) is 11.5 Å². The standard InChI is InChI=1S/C17H19N3O6S/c1-23-16-4-5-17(19-18-16)26-12-6-7-20(11-12)27(21,22)13-2-3-14-15(10-13)25-9-8-24-14/h2-5,10,12H,6-9,11H2,1H3/t12-/m0/s1. The number of methoxy groups -OCH3 is 1. The van der Waals surface area contributed by atoms with E-state index in [1.807, 2.05) is 0 Å². The number of hydrogen-bond donors (Lipinski definition) is 0. The smallest absolute Gasteiger partial charge is 0.243 e. The molecule has 2 aromatic rings. The summed E-state index contributed by atoms with van der Waals surface area (Å²) in [6.07, 6.45) is 0.275. The Kier molecular flexibility index (Phi) is 4.75. The summed E-state index contributed by atoms with van der Waals surface area (Å²) in [6, 6.07) is 7.95. The average molecular weight is 393 g/mol. The molecule has 1 atom stereocenters. The molecule has 0 saturated carbocycles. The first-order chi connectivity index (χ1) is 13.1. The van der Waals surface area contributed by atoms with E-state index in [1.165, 1.54) is 23.5 Å². The topological polar surface area (TPSA) is 100 Å². The van der Waals surface area contributed by atoms with Gasteiger partial charge in [0, 0.05) is 24.7 Å². The maximum Gasteiger partial charge on any atom is 0.243 e. The quantitative estimate of drug-likeness (QED) is 0.744. The third kappa shape index (κ3) is 3.62. The Balaban J connectivity index is 1.45. The zero-order valence-corrected chi connectivity index (χ0v) is 15.5. The highest BCUT2D eigenvalue weighted by Crippen LogP contribution is 2.34. The predicted octanol–water partition coefficient (Wildman–Crippen LogP) is 1.10. The van der Waals surface area contributed by atoms with Crippen molar-refractivity contribution in [1.29, 1.82) is 0 Å². The molecule has 4 rings (SSSR count). The fraction of sp³-hybridized carbons (Fsp3) is 0.412. The van der Waals surface area contributed by atoms with Crippen LogP contribution in [0, 0.1) is 0 Å². The van der Waals surface area contributed by atoms with Gasteiger partial charge in [0.05, 0.1) is 18.6 Å². The Morgan fingerprint density at radius 2 is 1.81 bits per heavy atom. The monoisotopic (exact) mass is 393 g/mol. The van der Waals surface area contributed by atoms with Gasteiger partial charge in [-0.25, -0.2) is 8.42 Å². The van der Waals surface area contributed by atoms with E-state index < -0.39 is 10.0 Å². The van der Waals surface area contributed by atoms with E-state index in [0.717, 1.165) is 0 Å². The molecule has 1 aromatic heterocycles. The summed E-state index contributed by atoms with van der Waals surface area (Å²) in [5.41, 5.74) is 0. The minimum atomic E-state index is -3.65. The molecule has 0 aliphatic carbocycles. The van der Waals surface area contributed by atoms with Gasteiger partial charge in [-0.05, 0) is 18.6 Å². The van der Waals surface area contributed by atoms with Crippen LogP contribution in [0.4, 0.5) is 0 Å². The summed E-state index contributed by atoms with van der Waals surface area (Å²) in [4.78, 5) is 0.177. The summed E-state index contributed by atoms with van der Waals surface area (Å²) in [7, 11) is -2.14. The highest BCUT2D eigenvalue weighted by Gasteiger charge is 2.34. The van der Waals surface area contributed by atoms with Gasteiger partial charge in [0.25, 0.3) is 0 Å². The molecular weight excluding hydrogens is 374 g/mol. The molecule has 0 N–H and O–H groups in total.